The molecule has 2 aromatic heterocycles. The zero-order valence-electron chi connectivity index (χ0n) is 13.3. The number of carbonyl (C=O) groups is 1. The lowest BCUT2D eigenvalue weighted by molar-refractivity contribution is -0.143. The summed E-state index contributed by atoms with van der Waals surface area (Å²) in [4.78, 5) is 11.3. The lowest BCUT2D eigenvalue weighted by Crippen LogP contribution is -2.44. The van der Waals surface area contributed by atoms with Crippen LogP contribution >= 0.6 is 0 Å². The molecule has 3 aromatic rings. The maximum Gasteiger partial charge on any atom is 0.321 e. The fraction of sp³-hybridized carbons (Fsp3) is 0.312. The molecular formula is C16H17F2N5O. The number of nitrogens with one attached hydrogen (secondary N) is 2. The van der Waals surface area contributed by atoms with Crippen molar-refractivity contribution in [1.82, 2.24) is 25.3 Å². The smallest absolute Gasteiger partial charge is 0.321 e. The van der Waals surface area contributed by atoms with Crippen molar-refractivity contribution < 1.29 is 13.6 Å². The number of alkyl halides is 2. The Hall–Kier alpha value is -2.77. The molecule has 3 rings (SSSR count). The highest BCUT2D eigenvalue weighted by Crippen LogP contribution is 2.23. The number of benzene rings is 1. The van der Waals surface area contributed by atoms with Crippen LogP contribution in [0.15, 0.2) is 36.8 Å². The quantitative estimate of drug-likeness (QED) is 0.753. The highest BCUT2D eigenvalue weighted by molar-refractivity contribution is 5.84. The molecule has 1 unspecified atom stereocenters. The maximum atomic E-state index is 12.9. The summed E-state index contributed by atoms with van der Waals surface area (Å²) in [5.74, 6) is -4.67. The van der Waals surface area contributed by atoms with Gasteiger partial charge in [-0.3, -0.25) is 14.6 Å². The molecule has 0 bridgehead atoms. The van der Waals surface area contributed by atoms with Gasteiger partial charge in [-0.2, -0.15) is 19.0 Å². The van der Waals surface area contributed by atoms with Crippen LogP contribution in [0.25, 0.3) is 22.0 Å². The minimum atomic E-state index is -3.39. The van der Waals surface area contributed by atoms with Crippen LogP contribution in [-0.4, -0.2) is 37.8 Å². The van der Waals surface area contributed by atoms with Gasteiger partial charge in [0.2, 0.25) is 0 Å². The number of nitrogens with zero attached hydrogens (tertiary/aromatic N) is 3. The Kier molecular flexibility index (Phi) is 4.04. The number of aromatic nitrogens is 4. The largest absolute Gasteiger partial charge is 0.347 e. The molecule has 2 N–H and O–H groups in total. The monoisotopic (exact) mass is 333 g/mol. The third-order valence-electron chi connectivity index (χ3n) is 3.70. The Morgan fingerprint density at radius 1 is 1.38 bits per heavy atom. The zero-order chi connectivity index (χ0) is 17.3. The summed E-state index contributed by atoms with van der Waals surface area (Å²) in [7, 11) is 0. The summed E-state index contributed by atoms with van der Waals surface area (Å²) in [6, 6.07) is 5.36. The van der Waals surface area contributed by atoms with E-state index in [4.69, 9.17) is 0 Å². The molecule has 0 saturated carbocycles. The van der Waals surface area contributed by atoms with Gasteiger partial charge in [-0.1, -0.05) is 6.07 Å². The van der Waals surface area contributed by atoms with E-state index in [1.165, 1.54) is 0 Å². The second-order valence-electron chi connectivity index (χ2n) is 5.85. The molecule has 0 saturated heterocycles. The van der Waals surface area contributed by atoms with Crippen LogP contribution in [0, 0.1) is 0 Å². The maximum absolute atomic E-state index is 12.9. The number of rotatable bonds is 5. The van der Waals surface area contributed by atoms with Crippen molar-refractivity contribution in [2.75, 3.05) is 0 Å². The fourth-order valence-electron chi connectivity index (χ4n) is 2.48. The SMILES string of the molecule is CC(Cn1ncc2cc(-c3cn[nH]c3)ccc21)NC(=O)C(C)(F)F. The minimum Gasteiger partial charge on any atom is -0.347 e. The summed E-state index contributed by atoms with van der Waals surface area (Å²) in [6.07, 6.45) is 5.24. The second kappa shape index (κ2) is 6.03. The molecular weight excluding hydrogens is 316 g/mol. The van der Waals surface area contributed by atoms with E-state index in [1.807, 2.05) is 18.2 Å². The van der Waals surface area contributed by atoms with Crippen LogP contribution in [0.1, 0.15) is 13.8 Å². The highest BCUT2D eigenvalue weighted by Gasteiger charge is 2.32. The Labute approximate surface area is 136 Å². The van der Waals surface area contributed by atoms with E-state index in [0.717, 1.165) is 22.0 Å². The number of hydrogen-bond donors (Lipinski definition) is 2. The molecule has 1 aromatic carbocycles. The first-order valence-electron chi connectivity index (χ1n) is 7.48. The third-order valence-corrected chi connectivity index (χ3v) is 3.70. The van der Waals surface area contributed by atoms with Crippen molar-refractivity contribution in [3.05, 3.63) is 36.8 Å². The minimum absolute atomic E-state index is 0.302. The number of fused-ring (bicyclic) bond motifs is 1. The number of aromatic amines is 1. The van der Waals surface area contributed by atoms with Crippen molar-refractivity contribution in [1.29, 1.82) is 0 Å². The van der Waals surface area contributed by atoms with Gasteiger partial charge >= 0.3 is 5.92 Å². The van der Waals surface area contributed by atoms with Gasteiger partial charge in [-0.25, -0.2) is 0 Å². The predicted molar refractivity (Wildman–Crippen MR) is 85.5 cm³/mol. The molecule has 1 atom stereocenters. The second-order valence-corrected chi connectivity index (χ2v) is 5.85. The van der Waals surface area contributed by atoms with E-state index in [9.17, 15) is 13.6 Å². The standard InChI is InChI=1S/C16H17F2N5O/c1-10(22-15(24)16(2,17)18)9-23-14-4-3-11(5-12(14)8-21-23)13-6-19-20-7-13/h3-8,10H,9H2,1-2H3,(H,19,20)(H,22,24). The molecule has 126 valence electrons. The van der Waals surface area contributed by atoms with Crippen molar-refractivity contribution in [2.45, 2.75) is 32.4 Å². The van der Waals surface area contributed by atoms with Crippen molar-refractivity contribution in [3.8, 4) is 11.1 Å². The zero-order valence-corrected chi connectivity index (χ0v) is 13.3. The molecule has 6 nitrogen and oxygen atoms in total. The van der Waals surface area contributed by atoms with Crippen molar-refractivity contribution in [3.63, 3.8) is 0 Å². The van der Waals surface area contributed by atoms with Gasteiger partial charge in [0, 0.05) is 30.1 Å². The molecule has 0 fully saturated rings. The van der Waals surface area contributed by atoms with Crippen LogP contribution in [-0.2, 0) is 11.3 Å². The normalized spacial score (nSPS) is 13.2. The summed E-state index contributed by atoms with van der Waals surface area (Å²) < 4.78 is 27.6. The van der Waals surface area contributed by atoms with E-state index in [0.29, 0.717) is 13.5 Å². The molecule has 1 amide bonds. The van der Waals surface area contributed by atoms with Crippen LogP contribution < -0.4 is 5.32 Å². The average Bonchev–Trinajstić information content (AvgIpc) is 3.15. The van der Waals surface area contributed by atoms with E-state index in [2.05, 4.69) is 20.6 Å². The summed E-state index contributed by atoms with van der Waals surface area (Å²) in [6.45, 7) is 2.54. The number of halogens is 2. The molecule has 0 aliphatic heterocycles. The number of hydrogen-bond acceptors (Lipinski definition) is 3. The van der Waals surface area contributed by atoms with Gasteiger partial charge in [0.25, 0.3) is 5.91 Å². The fourth-order valence-corrected chi connectivity index (χ4v) is 2.48. The first-order valence-corrected chi connectivity index (χ1v) is 7.48. The molecule has 2 heterocycles. The molecule has 0 radical (unpaired) electrons. The van der Waals surface area contributed by atoms with E-state index in [-0.39, 0.29) is 0 Å². The van der Waals surface area contributed by atoms with Crippen LogP contribution in [0.4, 0.5) is 8.78 Å². The van der Waals surface area contributed by atoms with Gasteiger partial charge in [0.05, 0.1) is 24.5 Å². The lowest BCUT2D eigenvalue weighted by atomic mass is 10.1. The van der Waals surface area contributed by atoms with Crippen LogP contribution in [0.3, 0.4) is 0 Å². The number of H-pyrrole nitrogens is 1. The Balaban J connectivity index is 1.77. The Morgan fingerprint density at radius 2 is 2.17 bits per heavy atom. The molecule has 0 aliphatic rings. The third kappa shape index (κ3) is 3.27. The Morgan fingerprint density at radius 3 is 2.83 bits per heavy atom. The van der Waals surface area contributed by atoms with Crippen molar-refractivity contribution >= 4 is 16.8 Å². The van der Waals surface area contributed by atoms with Gasteiger partial charge in [0.15, 0.2) is 0 Å². The van der Waals surface area contributed by atoms with Gasteiger partial charge < -0.3 is 5.32 Å². The van der Waals surface area contributed by atoms with Gasteiger partial charge in [-0.05, 0) is 24.6 Å². The molecule has 8 heteroatoms. The summed E-state index contributed by atoms with van der Waals surface area (Å²) in [5.41, 5.74) is 2.84. The molecule has 24 heavy (non-hydrogen) atoms. The first kappa shape index (κ1) is 16.1. The van der Waals surface area contributed by atoms with E-state index in [1.54, 1.807) is 30.2 Å². The van der Waals surface area contributed by atoms with Crippen LogP contribution in [0.2, 0.25) is 0 Å². The highest BCUT2D eigenvalue weighted by atomic mass is 19.3. The first-order chi connectivity index (χ1) is 11.3. The summed E-state index contributed by atoms with van der Waals surface area (Å²) >= 11 is 0. The summed E-state index contributed by atoms with van der Waals surface area (Å²) in [5, 5.41) is 14.2. The van der Waals surface area contributed by atoms with Gasteiger partial charge in [0.1, 0.15) is 0 Å². The average molecular weight is 333 g/mol. The topological polar surface area (TPSA) is 75.6 Å². The predicted octanol–water partition coefficient (Wildman–Crippen LogP) is 2.59. The van der Waals surface area contributed by atoms with Crippen molar-refractivity contribution in [2.24, 2.45) is 0 Å². The molecule has 0 spiro atoms. The van der Waals surface area contributed by atoms with E-state index < -0.39 is 17.9 Å². The number of carbonyl (C=O) groups excluding carboxylic acids is 1. The van der Waals surface area contributed by atoms with E-state index >= 15 is 0 Å². The van der Waals surface area contributed by atoms with Gasteiger partial charge in [-0.15, -0.1) is 0 Å². The lowest BCUT2D eigenvalue weighted by Gasteiger charge is -2.17. The molecule has 0 aliphatic carbocycles. The Bertz CT molecular complexity index is 851. The number of amides is 1. The van der Waals surface area contributed by atoms with Crippen LogP contribution in [0.5, 0.6) is 0 Å².